The van der Waals surface area contributed by atoms with Crippen LogP contribution in [-0.2, 0) is 20.9 Å². The van der Waals surface area contributed by atoms with Gasteiger partial charge in [-0.3, -0.25) is 39.1 Å². The Morgan fingerprint density at radius 2 is 1.45 bits per heavy atom. The molecule has 19 heteroatoms. The van der Waals surface area contributed by atoms with Crippen molar-refractivity contribution in [1.82, 2.24) is 40.2 Å². The molecule has 0 saturated carbocycles. The van der Waals surface area contributed by atoms with E-state index in [1.54, 1.807) is 29.4 Å². The number of likely N-dealkylation sites (tertiary alicyclic amines) is 3. The number of hydrogen-bond acceptors (Lipinski definition) is 14. The first-order valence-corrected chi connectivity index (χ1v) is 24.7. The van der Waals surface area contributed by atoms with Crippen LogP contribution in [0.3, 0.4) is 0 Å². The Bertz CT molecular complexity index is 2510. The van der Waals surface area contributed by atoms with E-state index in [2.05, 4.69) is 64.7 Å². The number of carbonyl (C=O) groups is 5. The van der Waals surface area contributed by atoms with Gasteiger partial charge in [-0.15, -0.1) is 0 Å². The molecule has 0 aliphatic carbocycles. The maximum Gasteiger partial charge on any atom is 0.264 e. The number of benzene rings is 2. The van der Waals surface area contributed by atoms with Crippen LogP contribution in [0.15, 0.2) is 42.7 Å². The van der Waals surface area contributed by atoms with E-state index in [4.69, 9.17) is 0 Å². The van der Waals surface area contributed by atoms with Gasteiger partial charge in [-0.2, -0.15) is 0 Å². The van der Waals surface area contributed by atoms with Gasteiger partial charge in [0, 0.05) is 95.3 Å². The zero-order valence-corrected chi connectivity index (χ0v) is 39.8. The second-order valence-electron chi connectivity index (χ2n) is 21.3. The van der Waals surface area contributed by atoms with Gasteiger partial charge in [-0.05, 0) is 100 Å². The van der Waals surface area contributed by atoms with Crippen molar-refractivity contribution in [1.29, 1.82) is 0 Å². The van der Waals surface area contributed by atoms with E-state index in [0.717, 1.165) is 101 Å². The fourth-order valence-corrected chi connectivity index (χ4v) is 11.8. The number of halogens is 2. The maximum absolute atomic E-state index is 15.7. The topological polar surface area (TPSA) is 179 Å². The summed E-state index contributed by atoms with van der Waals surface area (Å²) in [4.78, 5) is 85.3. The van der Waals surface area contributed by atoms with Gasteiger partial charge in [0.15, 0.2) is 0 Å². The number of piperazine rings is 1. The summed E-state index contributed by atoms with van der Waals surface area (Å²) in [7, 11) is 0. The molecule has 3 aromatic rings. The Morgan fingerprint density at radius 3 is 2.17 bits per heavy atom. The molecule has 0 bridgehead atoms. The Hall–Kier alpha value is -5.79. The number of carbonyl (C=O) groups excluding carboxylic acids is 5. The number of nitrogens with one attached hydrogen (secondary N) is 4. The van der Waals surface area contributed by atoms with Crippen LogP contribution in [0.4, 0.5) is 31.8 Å². The third kappa shape index (κ3) is 9.86. The molecule has 2 atom stereocenters. The maximum atomic E-state index is 15.7. The number of anilines is 4. The van der Waals surface area contributed by atoms with Crippen molar-refractivity contribution >= 4 is 52.5 Å². The molecule has 7 aliphatic heterocycles. The standard InChI is InChI=1S/C50H64F2N12O5/c1-48(2)8-16-59(17-9-48)27-33-24-36(52)39(25-35(33)51)63-28-43(66)58-50(31-63)12-20-62(21-13-50)41-26-40(55-32-56-41)54-15-23-61-19-11-49(30-61)10-18-60(29-49)22-14-53-37-5-3-4-34-44(37)47(69)64(46(34)68)38-6-7-42(65)57-45(38)67/h3-5,24-26,32,38,53H,6-23,27-31H2,1-2H3,(H,58,66)(H,54,55,56)(H,57,65,67)/t38?,49-/m1/s1. The predicted octanol–water partition coefficient (Wildman–Crippen LogP) is 3.68. The van der Waals surface area contributed by atoms with Gasteiger partial charge in [0.25, 0.3) is 11.8 Å². The second kappa shape index (κ2) is 18.8. The van der Waals surface area contributed by atoms with Crippen LogP contribution >= 0.6 is 0 Å². The Labute approximate surface area is 401 Å². The lowest BCUT2D eigenvalue weighted by Gasteiger charge is -2.48. The van der Waals surface area contributed by atoms with Gasteiger partial charge in [-0.1, -0.05) is 19.9 Å². The number of amides is 5. The quantitative estimate of drug-likeness (QED) is 0.183. The summed E-state index contributed by atoms with van der Waals surface area (Å²) < 4.78 is 31.2. The van der Waals surface area contributed by atoms with Crippen molar-refractivity contribution in [3.05, 3.63) is 71.1 Å². The zero-order chi connectivity index (χ0) is 48.1. The first kappa shape index (κ1) is 46.9. The highest BCUT2D eigenvalue weighted by molar-refractivity contribution is 6.25. The van der Waals surface area contributed by atoms with Crippen LogP contribution in [0.5, 0.6) is 0 Å². The van der Waals surface area contributed by atoms with Crippen molar-refractivity contribution in [3.8, 4) is 0 Å². The second-order valence-corrected chi connectivity index (χ2v) is 21.3. The average Bonchev–Trinajstić information content (AvgIpc) is 3.99. The van der Waals surface area contributed by atoms with Crippen LogP contribution in [0, 0.1) is 22.5 Å². The summed E-state index contributed by atoms with van der Waals surface area (Å²) >= 11 is 0. The Kier molecular flexibility index (Phi) is 12.8. The summed E-state index contributed by atoms with van der Waals surface area (Å²) in [6.45, 7) is 15.2. The van der Waals surface area contributed by atoms with Crippen molar-refractivity contribution in [2.45, 2.75) is 83.3 Å². The molecule has 17 nitrogen and oxygen atoms in total. The number of nitrogens with zero attached hydrogens (tertiary/aromatic N) is 8. The molecule has 6 fully saturated rings. The van der Waals surface area contributed by atoms with Gasteiger partial charge < -0.3 is 35.6 Å². The molecular weight excluding hydrogens is 887 g/mol. The van der Waals surface area contributed by atoms with Crippen LogP contribution in [0.2, 0.25) is 0 Å². The third-order valence-electron chi connectivity index (χ3n) is 16.0. The summed E-state index contributed by atoms with van der Waals surface area (Å²) in [6, 6.07) is 8.69. The van der Waals surface area contributed by atoms with E-state index in [9.17, 15) is 24.0 Å². The highest BCUT2D eigenvalue weighted by Crippen LogP contribution is 2.40. The molecule has 1 aromatic heterocycles. The van der Waals surface area contributed by atoms with Crippen LogP contribution in [-0.4, -0.2) is 162 Å². The third-order valence-corrected chi connectivity index (χ3v) is 16.0. The largest absolute Gasteiger partial charge is 0.383 e. The van der Waals surface area contributed by atoms with Gasteiger partial charge in [-0.25, -0.2) is 18.7 Å². The highest BCUT2D eigenvalue weighted by Gasteiger charge is 2.47. The van der Waals surface area contributed by atoms with Gasteiger partial charge in [0.1, 0.15) is 35.6 Å². The minimum absolute atomic E-state index is 0.0246. The summed E-state index contributed by atoms with van der Waals surface area (Å²) in [5.41, 5.74) is 1.51. The van der Waals surface area contributed by atoms with E-state index in [1.807, 2.05) is 6.07 Å². The minimum Gasteiger partial charge on any atom is -0.383 e. The van der Waals surface area contributed by atoms with Crippen molar-refractivity contribution in [2.75, 3.05) is 112 Å². The first-order chi connectivity index (χ1) is 33.1. The zero-order valence-electron chi connectivity index (χ0n) is 39.8. The van der Waals surface area contributed by atoms with Crippen LogP contribution in [0.1, 0.15) is 91.5 Å². The first-order valence-electron chi connectivity index (χ1n) is 24.7. The molecule has 2 aromatic carbocycles. The lowest BCUT2D eigenvalue weighted by molar-refractivity contribution is -0.136. The molecule has 1 unspecified atom stereocenters. The van der Waals surface area contributed by atoms with Gasteiger partial charge in [0.2, 0.25) is 17.7 Å². The van der Waals surface area contributed by atoms with Gasteiger partial charge >= 0.3 is 0 Å². The minimum atomic E-state index is -1.00. The van der Waals surface area contributed by atoms with Crippen LogP contribution in [0.25, 0.3) is 0 Å². The number of imide groups is 2. The summed E-state index contributed by atoms with van der Waals surface area (Å²) in [5.74, 6) is -1.64. The lowest BCUT2D eigenvalue weighted by atomic mass is 9.82. The molecule has 4 N–H and O–H groups in total. The molecule has 8 heterocycles. The highest BCUT2D eigenvalue weighted by atomic mass is 19.1. The molecule has 5 amide bonds. The lowest BCUT2D eigenvalue weighted by Crippen LogP contribution is -2.66. The van der Waals surface area contributed by atoms with Crippen molar-refractivity contribution < 1.29 is 32.8 Å². The number of rotatable bonds is 13. The Balaban J connectivity index is 0.665. The SMILES string of the molecule is CC1(C)CCN(Cc2cc(F)c(N3CC(=O)NC4(CCN(c5cc(NCCN6CC[C@@]7(CCN(CCNc8cccc9c8C(=O)N(C8CCC(=O)NC8=O)C9=O)C7)C6)ncn5)CC4)C3)cc2F)CC1. The van der Waals surface area contributed by atoms with E-state index in [-0.39, 0.29) is 52.9 Å². The molecule has 10 rings (SSSR count). The number of fused-ring (bicyclic) bond motifs is 1. The van der Waals surface area contributed by atoms with E-state index >= 15 is 8.78 Å². The predicted molar refractivity (Wildman–Crippen MR) is 256 cm³/mol. The molecular formula is C50H64F2N12O5. The fraction of sp³-hybridized carbons (Fsp3) is 0.580. The Morgan fingerprint density at radius 1 is 0.739 bits per heavy atom. The van der Waals surface area contributed by atoms with E-state index < -0.39 is 46.8 Å². The smallest absolute Gasteiger partial charge is 0.264 e. The van der Waals surface area contributed by atoms with E-state index in [0.29, 0.717) is 56.8 Å². The molecule has 2 spiro atoms. The number of piperidine rings is 3. The molecule has 6 saturated heterocycles. The summed E-state index contributed by atoms with van der Waals surface area (Å²) in [5, 5.41) is 12.4. The monoisotopic (exact) mass is 951 g/mol. The average molecular weight is 951 g/mol. The van der Waals surface area contributed by atoms with Crippen LogP contribution < -0.4 is 31.1 Å². The number of hydrogen-bond donors (Lipinski definition) is 4. The molecule has 368 valence electrons. The van der Waals surface area contributed by atoms with Crippen molar-refractivity contribution in [3.63, 3.8) is 0 Å². The van der Waals surface area contributed by atoms with E-state index in [1.165, 1.54) is 12.1 Å². The normalized spacial score (nSPS) is 25.2. The van der Waals surface area contributed by atoms with Gasteiger partial charge in [0.05, 0.1) is 28.9 Å². The summed E-state index contributed by atoms with van der Waals surface area (Å²) in [6.07, 6.45) is 7.31. The number of aromatic nitrogens is 2. The van der Waals surface area contributed by atoms with Crippen molar-refractivity contribution in [2.24, 2.45) is 10.8 Å². The molecule has 0 radical (unpaired) electrons. The molecule has 7 aliphatic rings. The fourth-order valence-electron chi connectivity index (χ4n) is 11.8. The molecule has 69 heavy (non-hydrogen) atoms.